The number of hydrogen-bond donors (Lipinski definition) is 2. The number of fused-ring (bicyclic) bond motifs is 1. The third kappa shape index (κ3) is 7.06. The minimum atomic E-state index is -0.436. The number of carbonyl (C=O) groups excluding carboxylic acids is 2. The van der Waals surface area contributed by atoms with Crippen molar-refractivity contribution in [2.24, 2.45) is 18.9 Å². The van der Waals surface area contributed by atoms with Crippen LogP contribution in [0.3, 0.4) is 0 Å². The summed E-state index contributed by atoms with van der Waals surface area (Å²) < 4.78 is 7.46. The third-order valence-corrected chi connectivity index (χ3v) is 11.4. The van der Waals surface area contributed by atoms with Crippen LogP contribution in [0.2, 0.25) is 10.0 Å². The molecule has 3 aliphatic heterocycles. The van der Waals surface area contributed by atoms with Gasteiger partial charge in [-0.1, -0.05) is 23.2 Å². The molecule has 7 rings (SSSR count). The van der Waals surface area contributed by atoms with Crippen molar-refractivity contribution in [2.75, 3.05) is 43.5 Å². The molecule has 2 aromatic carbocycles. The lowest BCUT2D eigenvalue weighted by molar-refractivity contribution is -0.133. The standard InChI is InChI=1S/C38H42Cl2N6O4/c1-44-21-29(27-7-12-41-20-28(27)38(44)49)25-17-31(39)30(35(18-25)50-2)22-45-13-8-23(9-14-45)24-10-15-46(16-11-24)34-5-3-26(19-32(34)40)42-33-4-6-36(47)43-37(33)48/h3,5,7,12,17-21,23-24,33,42H,4,6,8-11,13-16,22H2,1-2H3,(H,43,47,48). The van der Waals surface area contributed by atoms with Gasteiger partial charge in [-0.25, -0.2) is 0 Å². The molecule has 5 heterocycles. The molecule has 4 aromatic rings. The van der Waals surface area contributed by atoms with E-state index in [0.717, 1.165) is 97.6 Å². The van der Waals surface area contributed by atoms with E-state index in [2.05, 4.69) is 25.4 Å². The largest absolute Gasteiger partial charge is 0.496 e. The van der Waals surface area contributed by atoms with E-state index in [0.29, 0.717) is 40.1 Å². The average molecular weight is 718 g/mol. The van der Waals surface area contributed by atoms with E-state index in [1.807, 2.05) is 42.6 Å². The summed E-state index contributed by atoms with van der Waals surface area (Å²) in [5, 5.41) is 8.33. The predicted molar refractivity (Wildman–Crippen MR) is 198 cm³/mol. The molecule has 0 radical (unpaired) electrons. The first-order chi connectivity index (χ1) is 24.2. The number of hydrogen-bond acceptors (Lipinski definition) is 8. The number of aryl methyl sites for hydroxylation is 1. The van der Waals surface area contributed by atoms with E-state index in [9.17, 15) is 14.4 Å². The first-order valence-corrected chi connectivity index (χ1v) is 18.1. The Kier molecular flexibility index (Phi) is 10.0. The lowest BCUT2D eigenvalue weighted by Gasteiger charge is -2.41. The molecule has 1 atom stereocenters. The summed E-state index contributed by atoms with van der Waals surface area (Å²) in [6.45, 7) is 4.67. The first-order valence-electron chi connectivity index (χ1n) is 17.4. The van der Waals surface area contributed by atoms with Crippen LogP contribution in [0.15, 0.2) is 59.8 Å². The number of pyridine rings is 2. The molecule has 3 saturated heterocycles. The van der Waals surface area contributed by atoms with Crippen molar-refractivity contribution in [2.45, 2.75) is 51.1 Å². The molecule has 262 valence electrons. The van der Waals surface area contributed by atoms with Crippen molar-refractivity contribution < 1.29 is 14.3 Å². The van der Waals surface area contributed by atoms with Crippen molar-refractivity contribution in [1.29, 1.82) is 0 Å². The van der Waals surface area contributed by atoms with Gasteiger partial charge >= 0.3 is 0 Å². The number of imide groups is 1. The fraction of sp³-hybridized carbons (Fsp3) is 0.421. The molecule has 2 amide bonds. The Hall–Kier alpha value is -4.12. The average Bonchev–Trinajstić information content (AvgIpc) is 3.12. The highest BCUT2D eigenvalue weighted by Gasteiger charge is 2.31. The Morgan fingerprint density at radius 2 is 1.66 bits per heavy atom. The number of nitrogens with one attached hydrogen (secondary N) is 2. The molecule has 12 heteroatoms. The number of nitrogens with zero attached hydrogens (tertiary/aromatic N) is 4. The van der Waals surface area contributed by atoms with Crippen LogP contribution in [-0.2, 0) is 23.2 Å². The van der Waals surface area contributed by atoms with Crippen LogP contribution >= 0.6 is 23.2 Å². The molecule has 2 aromatic heterocycles. The molecule has 0 aliphatic carbocycles. The highest BCUT2D eigenvalue weighted by molar-refractivity contribution is 6.33. The number of amides is 2. The Bertz CT molecular complexity index is 1980. The SMILES string of the molecule is COc1cc(-c2cn(C)c(=O)c3cnccc23)cc(Cl)c1CN1CCC(C2CCN(c3ccc(NC4CCC(=O)NC4=O)cc3Cl)CC2)CC1. The van der Waals surface area contributed by atoms with Crippen LogP contribution in [0.4, 0.5) is 11.4 Å². The van der Waals surface area contributed by atoms with Gasteiger partial charge in [0.05, 0.1) is 23.2 Å². The monoisotopic (exact) mass is 716 g/mol. The van der Waals surface area contributed by atoms with Gasteiger partial charge in [-0.2, -0.15) is 0 Å². The molecule has 50 heavy (non-hydrogen) atoms. The number of likely N-dealkylation sites (tertiary alicyclic amines) is 1. The molecule has 3 fully saturated rings. The van der Waals surface area contributed by atoms with Gasteiger partial charge in [0.1, 0.15) is 11.8 Å². The molecule has 0 saturated carbocycles. The molecule has 1 unspecified atom stereocenters. The van der Waals surface area contributed by atoms with E-state index in [-0.39, 0.29) is 17.4 Å². The number of rotatable bonds is 8. The Morgan fingerprint density at radius 1 is 0.920 bits per heavy atom. The van der Waals surface area contributed by atoms with E-state index >= 15 is 0 Å². The fourth-order valence-electron chi connectivity index (χ4n) is 7.95. The summed E-state index contributed by atoms with van der Waals surface area (Å²) in [6.07, 6.45) is 10.5. The summed E-state index contributed by atoms with van der Waals surface area (Å²) in [7, 11) is 3.43. The van der Waals surface area contributed by atoms with Crippen LogP contribution < -0.4 is 25.8 Å². The Labute approximate surface area is 301 Å². The molecule has 3 aliphatic rings. The number of aromatic nitrogens is 2. The molecule has 2 N–H and O–H groups in total. The summed E-state index contributed by atoms with van der Waals surface area (Å²) in [6, 6.07) is 11.3. The summed E-state index contributed by atoms with van der Waals surface area (Å²) in [4.78, 5) is 45.3. The van der Waals surface area contributed by atoms with E-state index < -0.39 is 6.04 Å². The van der Waals surface area contributed by atoms with Crippen LogP contribution in [0.1, 0.15) is 44.1 Å². The number of anilines is 2. The third-order valence-electron chi connectivity index (χ3n) is 10.8. The van der Waals surface area contributed by atoms with Crippen molar-refractivity contribution >= 4 is 57.2 Å². The number of methoxy groups -OCH3 is 1. The number of halogens is 2. The zero-order valence-electron chi connectivity index (χ0n) is 28.4. The smallest absolute Gasteiger partial charge is 0.259 e. The normalized spacial score (nSPS) is 19.5. The number of carbonyl (C=O) groups is 2. The number of benzene rings is 2. The topological polar surface area (TPSA) is 109 Å². The molecule has 0 spiro atoms. The zero-order valence-corrected chi connectivity index (χ0v) is 29.9. The zero-order chi connectivity index (χ0) is 34.9. The Balaban J connectivity index is 0.942. The van der Waals surface area contributed by atoms with Crippen LogP contribution in [0.5, 0.6) is 5.75 Å². The highest BCUT2D eigenvalue weighted by atomic mass is 35.5. The van der Waals surface area contributed by atoms with Gasteiger partial charge in [-0.15, -0.1) is 0 Å². The quantitative estimate of drug-likeness (QED) is 0.206. The van der Waals surface area contributed by atoms with Gasteiger partial charge in [0.25, 0.3) is 5.56 Å². The maximum Gasteiger partial charge on any atom is 0.259 e. The molecule has 0 bridgehead atoms. The van der Waals surface area contributed by atoms with Gasteiger partial charge in [0.15, 0.2) is 0 Å². The van der Waals surface area contributed by atoms with Gasteiger partial charge in [0, 0.05) is 73.5 Å². The van der Waals surface area contributed by atoms with Crippen molar-refractivity contribution in [3.63, 3.8) is 0 Å². The minimum absolute atomic E-state index is 0.0854. The van der Waals surface area contributed by atoms with E-state index in [1.54, 1.807) is 31.1 Å². The van der Waals surface area contributed by atoms with Crippen LogP contribution in [-0.4, -0.2) is 65.6 Å². The predicted octanol–water partition coefficient (Wildman–Crippen LogP) is 6.26. The number of piperidine rings is 3. The van der Waals surface area contributed by atoms with Crippen molar-refractivity contribution in [3.05, 3.63) is 81.0 Å². The maximum absolute atomic E-state index is 12.7. The molecule has 10 nitrogen and oxygen atoms in total. The molecular formula is C38H42Cl2N6O4. The van der Waals surface area contributed by atoms with E-state index in [4.69, 9.17) is 27.9 Å². The lowest BCUT2D eigenvalue weighted by Crippen LogP contribution is -2.47. The summed E-state index contributed by atoms with van der Waals surface area (Å²) in [5.74, 6) is 1.60. The lowest BCUT2D eigenvalue weighted by atomic mass is 9.78. The summed E-state index contributed by atoms with van der Waals surface area (Å²) >= 11 is 13.7. The second kappa shape index (κ2) is 14.6. The number of ether oxygens (including phenoxy) is 1. The van der Waals surface area contributed by atoms with Crippen molar-refractivity contribution in [1.82, 2.24) is 19.8 Å². The highest BCUT2D eigenvalue weighted by Crippen LogP contribution is 2.39. The van der Waals surface area contributed by atoms with Crippen LogP contribution in [0.25, 0.3) is 21.9 Å². The maximum atomic E-state index is 12.7. The van der Waals surface area contributed by atoms with Gasteiger partial charge < -0.3 is 19.5 Å². The van der Waals surface area contributed by atoms with E-state index in [1.165, 1.54) is 0 Å². The minimum Gasteiger partial charge on any atom is -0.496 e. The van der Waals surface area contributed by atoms with Crippen molar-refractivity contribution in [3.8, 4) is 16.9 Å². The Morgan fingerprint density at radius 3 is 2.36 bits per heavy atom. The fourth-order valence-corrected chi connectivity index (χ4v) is 8.52. The van der Waals surface area contributed by atoms with Gasteiger partial charge in [-0.05, 0) is 104 Å². The van der Waals surface area contributed by atoms with Crippen LogP contribution in [0, 0.1) is 11.8 Å². The summed E-state index contributed by atoms with van der Waals surface area (Å²) in [5.41, 5.74) is 4.50. The van der Waals surface area contributed by atoms with Gasteiger partial charge in [0.2, 0.25) is 11.8 Å². The second-order valence-electron chi connectivity index (χ2n) is 13.8. The van der Waals surface area contributed by atoms with Gasteiger partial charge in [-0.3, -0.25) is 29.6 Å². The second-order valence-corrected chi connectivity index (χ2v) is 14.6. The molecular weight excluding hydrogens is 675 g/mol. The first kappa shape index (κ1) is 34.3.